The molecule has 1 fully saturated rings. The van der Waals surface area contributed by atoms with Crippen LogP contribution in [0.3, 0.4) is 0 Å². The van der Waals surface area contributed by atoms with Crippen molar-refractivity contribution >= 4 is 17.5 Å². The number of aliphatic imine (C=N–C) groups is 1. The fraction of sp³-hybridized carbons (Fsp3) is 0.389. The van der Waals surface area contributed by atoms with E-state index >= 15 is 0 Å². The lowest BCUT2D eigenvalue weighted by atomic mass is 9.89. The molecule has 1 aromatic rings. The number of hydrogen-bond acceptors (Lipinski definition) is 3. The van der Waals surface area contributed by atoms with Gasteiger partial charge in [-0.3, -0.25) is 4.99 Å². The highest BCUT2D eigenvalue weighted by atomic mass is 16.7. The van der Waals surface area contributed by atoms with Gasteiger partial charge in [-0.1, -0.05) is 30.9 Å². The Morgan fingerprint density at radius 2 is 2.10 bits per heavy atom. The van der Waals surface area contributed by atoms with Gasteiger partial charge in [0.05, 0.1) is 18.9 Å². The first kappa shape index (κ1) is 14.2. The minimum atomic E-state index is -0.349. The highest BCUT2D eigenvalue weighted by molar-refractivity contribution is 5.76. The Morgan fingerprint density at radius 3 is 2.76 bits per heavy atom. The van der Waals surface area contributed by atoms with Crippen molar-refractivity contribution in [3.8, 4) is 0 Å². The van der Waals surface area contributed by atoms with Crippen LogP contribution in [-0.2, 0) is 9.47 Å². The van der Waals surface area contributed by atoms with Crippen molar-refractivity contribution in [3.05, 3.63) is 48.1 Å². The van der Waals surface area contributed by atoms with Crippen LogP contribution >= 0.6 is 0 Å². The number of benzene rings is 1. The Labute approximate surface area is 126 Å². The van der Waals surface area contributed by atoms with Crippen molar-refractivity contribution in [1.29, 1.82) is 0 Å². The first-order valence-corrected chi connectivity index (χ1v) is 7.45. The Kier molecular flexibility index (Phi) is 4.04. The highest BCUT2D eigenvalue weighted by Crippen LogP contribution is 2.39. The molecule has 0 unspecified atom stereocenters. The minimum absolute atomic E-state index is 0.349. The van der Waals surface area contributed by atoms with Crippen LogP contribution < -0.4 is 0 Å². The minimum Gasteiger partial charge on any atom is -0.347 e. The van der Waals surface area contributed by atoms with Gasteiger partial charge in [0.2, 0.25) is 0 Å². The summed E-state index contributed by atoms with van der Waals surface area (Å²) in [4.78, 5) is 4.43. The van der Waals surface area contributed by atoms with Gasteiger partial charge in [-0.25, -0.2) is 0 Å². The fourth-order valence-electron chi connectivity index (χ4n) is 2.91. The molecule has 0 amide bonds. The topological polar surface area (TPSA) is 30.8 Å². The lowest BCUT2D eigenvalue weighted by Crippen LogP contribution is -2.31. The van der Waals surface area contributed by atoms with E-state index in [1.165, 1.54) is 16.7 Å². The second kappa shape index (κ2) is 5.96. The van der Waals surface area contributed by atoms with E-state index in [1.54, 1.807) is 12.3 Å². The molecule has 3 rings (SSSR count). The van der Waals surface area contributed by atoms with Gasteiger partial charge < -0.3 is 9.47 Å². The summed E-state index contributed by atoms with van der Waals surface area (Å²) >= 11 is 0. The van der Waals surface area contributed by atoms with Gasteiger partial charge in [0.25, 0.3) is 0 Å². The van der Waals surface area contributed by atoms with Crippen LogP contribution in [0.15, 0.2) is 41.9 Å². The molecule has 21 heavy (non-hydrogen) atoms. The van der Waals surface area contributed by atoms with Crippen LogP contribution in [0, 0.1) is 6.92 Å². The molecule has 1 aliphatic heterocycles. The largest absolute Gasteiger partial charge is 0.347 e. The zero-order valence-corrected chi connectivity index (χ0v) is 12.5. The van der Waals surface area contributed by atoms with Crippen LogP contribution in [0.25, 0.3) is 5.57 Å². The van der Waals surface area contributed by atoms with Gasteiger partial charge in [0.1, 0.15) is 0 Å². The standard InChI is InChI=1S/C18H21NO2/c1-3-10-19-17-13-16(5-4-14(17)2)15-6-8-18(9-7-15)20-11-12-21-18/h3-6,10,13H,1,7-9,11-12H2,2H3. The predicted molar refractivity (Wildman–Crippen MR) is 86.0 cm³/mol. The molecule has 0 saturated carbocycles. The van der Waals surface area contributed by atoms with Crippen molar-refractivity contribution in [2.24, 2.45) is 4.99 Å². The average Bonchev–Trinajstić information content (AvgIpc) is 2.96. The molecule has 3 nitrogen and oxygen atoms in total. The summed E-state index contributed by atoms with van der Waals surface area (Å²) in [5, 5.41) is 0. The summed E-state index contributed by atoms with van der Waals surface area (Å²) in [6.07, 6.45) is 8.43. The molecule has 0 bridgehead atoms. The molecule has 1 spiro atoms. The molecule has 0 N–H and O–H groups in total. The van der Waals surface area contributed by atoms with Crippen LogP contribution in [0.4, 0.5) is 5.69 Å². The van der Waals surface area contributed by atoms with Gasteiger partial charge in [0, 0.05) is 19.1 Å². The number of rotatable bonds is 3. The quantitative estimate of drug-likeness (QED) is 0.779. The number of allylic oxidation sites excluding steroid dienone is 2. The third-order valence-electron chi connectivity index (χ3n) is 4.15. The summed E-state index contributed by atoms with van der Waals surface area (Å²) in [5.74, 6) is -0.349. The Hall–Kier alpha value is -1.71. The molecule has 3 heteroatoms. The number of aryl methyl sites for hydroxylation is 1. The molecule has 1 aromatic carbocycles. The summed E-state index contributed by atoms with van der Waals surface area (Å²) in [5.41, 5.74) is 4.77. The third-order valence-corrected chi connectivity index (χ3v) is 4.15. The molecule has 1 saturated heterocycles. The molecule has 0 atom stereocenters. The number of nitrogens with zero attached hydrogens (tertiary/aromatic N) is 1. The van der Waals surface area contributed by atoms with Crippen LogP contribution in [0.1, 0.15) is 30.4 Å². The maximum atomic E-state index is 5.76. The molecule has 110 valence electrons. The fourth-order valence-corrected chi connectivity index (χ4v) is 2.91. The maximum absolute atomic E-state index is 5.76. The average molecular weight is 283 g/mol. The lowest BCUT2D eigenvalue weighted by Gasteiger charge is -2.30. The van der Waals surface area contributed by atoms with E-state index < -0.39 is 0 Å². The monoisotopic (exact) mass is 283 g/mol. The first-order valence-electron chi connectivity index (χ1n) is 7.45. The van der Waals surface area contributed by atoms with E-state index in [9.17, 15) is 0 Å². The lowest BCUT2D eigenvalue weighted by molar-refractivity contribution is -0.159. The molecule has 2 aliphatic rings. The van der Waals surface area contributed by atoms with E-state index in [0.29, 0.717) is 13.2 Å². The van der Waals surface area contributed by atoms with Gasteiger partial charge in [0.15, 0.2) is 5.79 Å². The third kappa shape index (κ3) is 2.99. The van der Waals surface area contributed by atoms with Crippen molar-refractivity contribution in [2.75, 3.05) is 13.2 Å². The molecule has 1 heterocycles. The molecular formula is C18H21NO2. The van der Waals surface area contributed by atoms with Crippen molar-refractivity contribution in [2.45, 2.75) is 32.0 Å². The van der Waals surface area contributed by atoms with E-state index in [4.69, 9.17) is 9.47 Å². The summed E-state index contributed by atoms with van der Waals surface area (Å²) in [6, 6.07) is 6.44. The van der Waals surface area contributed by atoms with E-state index in [2.05, 4.69) is 42.8 Å². The predicted octanol–water partition coefficient (Wildman–Crippen LogP) is 4.19. The van der Waals surface area contributed by atoms with E-state index in [-0.39, 0.29) is 5.79 Å². The second-order valence-corrected chi connectivity index (χ2v) is 5.56. The smallest absolute Gasteiger partial charge is 0.172 e. The van der Waals surface area contributed by atoms with Crippen LogP contribution in [0.2, 0.25) is 0 Å². The van der Waals surface area contributed by atoms with E-state index in [0.717, 1.165) is 24.9 Å². The normalized spacial score (nSPS) is 20.9. The summed E-state index contributed by atoms with van der Waals surface area (Å²) in [7, 11) is 0. The number of ether oxygens (including phenoxy) is 2. The molecule has 0 aromatic heterocycles. The first-order chi connectivity index (χ1) is 10.2. The summed E-state index contributed by atoms with van der Waals surface area (Å²) in [6.45, 7) is 7.18. The SMILES string of the molecule is C=CC=Nc1cc(C2=CCC3(CC2)OCCO3)ccc1C. The van der Waals surface area contributed by atoms with Crippen LogP contribution in [0.5, 0.6) is 0 Å². The second-order valence-electron chi connectivity index (χ2n) is 5.56. The van der Waals surface area contributed by atoms with Gasteiger partial charge in [-0.05, 0) is 36.1 Å². The van der Waals surface area contributed by atoms with E-state index in [1.807, 2.05) is 0 Å². The van der Waals surface area contributed by atoms with Crippen molar-refractivity contribution in [1.82, 2.24) is 0 Å². The Morgan fingerprint density at radius 1 is 1.29 bits per heavy atom. The zero-order valence-electron chi connectivity index (χ0n) is 12.5. The van der Waals surface area contributed by atoms with Gasteiger partial charge in [-0.15, -0.1) is 0 Å². The van der Waals surface area contributed by atoms with Crippen molar-refractivity contribution in [3.63, 3.8) is 0 Å². The Balaban J connectivity index is 1.82. The van der Waals surface area contributed by atoms with Crippen LogP contribution in [-0.4, -0.2) is 25.2 Å². The molecule has 1 aliphatic carbocycles. The molecule has 0 radical (unpaired) electrons. The highest BCUT2D eigenvalue weighted by Gasteiger charge is 2.37. The Bertz CT molecular complexity index is 595. The van der Waals surface area contributed by atoms with Gasteiger partial charge in [-0.2, -0.15) is 0 Å². The molecular weight excluding hydrogens is 262 g/mol. The zero-order chi connectivity index (χ0) is 14.7. The number of hydrogen-bond donors (Lipinski definition) is 0. The maximum Gasteiger partial charge on any atom is 0.172 e. The van der Waals surface area contributed by atoms with Gasteiger partial charge >= 0.3 is 0 Å². The van der Waals surface area contributed by atoms with Crippen molar-refractivity contribution < 1.29 is 9.47 Å². The summed E-state index contributed by atoms with van der Waals surface area (Å²) < 4.78 is 11.5.